The molecule has 3 heteroatoms. The van der Waals surface area contributed by atoms with E-state index in [1.165, 1.54) is 11.1 Å². The lowest BCUT2D eigenvalue weighted by atomic mass is 10.0. The van der Waals surface area contributed by atoms with Gasteiger partial charge in [0.15, 0.2) is 0 Å². The number of aliphatic hydroxyl groups excluding tert-OH is 1. The van der Waals surface area contributed by atoms with Crippen molar-refractivity contribution in [2.24, 2.45) is 0 Å². The minimum absolute atomic E-state index is 0.220. The summed E-state index contributed by atoms with van der Waals surface area (Å²) in [6.45, 7) is 0. The monoisotopic (exact) mass is 276 g/mol. The van der Waals surface area contributed by atoms with E-state index in [1.807, 2.05) is 12.1 Å². The zero-order chi connectivity index (χ0) is 13.5. The fourth-order valence-corrected chi connectivity index (χ4v) is 2.74. The smallest absolute Gasteiger partial charge is 0.118 e. The number of rotatable bonds is 7. The molecule has 0 amide bonds. The molecule has 0 radical (unpaired) electrons. The average molecular weight is 276 g/mol. The lowest BCUT2D eigenvalue weighted by molar-refractivity contribution is 0.155. The molecule has 1 atom stereocenters. The number of aliphatic hydroxyl groups is 1. The van der Waals surface area contributed by atoms with Crippen LogP contribution in [0.4, 0.5) is 0 Å². The first-order chi connectivity index (χ1) is 9.28. The summed E-state index contributed by atoms with van der Waals surface area (Å²) in [5.41, 5.74) is 2.57. The molecule has 0 aliphatic rings. The van der Waals surface area contributed by atoms with Crippen LogP contribution in [0.2, 0.25) is 0 Å². The Kier molecular flexibility index (Phi) is 5.43. The largest absolute Gasteiger partial charge is 0.497 e. The first kappa shape index (κ1) is 14.1. The first-order valence-electron chi connectivity index (χ1n) is 6.60. The van der Waals surface area contributed by atoms with E-state index in [0.29, 0.717) is 0 Å². The second-order valence-electron chi connectivity index (χ2n) is 4.71. The number of aryl methyl sites for hydroxylation is 2. The van der Waals surface area contributed by atoms with Crippen molar-refractivity contribution in [3.05, 3.63) is 52.2 Å². The van der Waals surface area contributed by atoms with Crippen LogP contribution in [0, 0.1) is 0 Å². The Labute approximate surface area is 118 Å². The van der Waals surface area contributed by atoms with Crippen molar-refractivity contribution in [2.75, 3.05) is 7.11 Å². The molecular formula is C16H20O2S. The Hall–Kier alpha value is -1.32. The van der Waals surface area contributed by atoms with E-state index >= 15 is 0 Å². The highest BCUT2D eigenvalue weighted by molar-refractivity contribution is 7.07. The third-order valence-electron chi connectivity index (χ3n) is 3.27. The van der Waals surface area contributed by atoms with E-state index in [2.05, 4.69) is 29.0 Å². The standard InChI is InChI=1S/C16H20O2S/c1-18-16-8-4-13(5-9-16)2-6-15(17)7-3-14-10-11-19-12-14/h4-5,8-12,15,17H,2-3,6-7H2,1H3. The molecule has 2 nitrogen and oxygen atoms in total. The van der Waals surface area contributed by atoms with Gasteiger partial charge >= 0.3 is 0 Å². The summed E-state index contributed by atoms with van der Waals surface area (Å²) in [4.78, 5) is 0. The van der Waals surface area contributed by atoms with Gasteiger partial charge in [-0.05, 0) is 65.8 Å². The maximum absolute atomic E-state index is 9.99. The third kappa shape index (κ3) is 4.69. The molecule has 19 heavy (non-hydrogen) atoms. The Morgan fingerprint density at radius 2 is 1.74 bits per heavy atom. The van der Waals surface area contributed by atoms with Crippen LogP contribution in [0.1, 0.15) is 24.0 Å². The Morgan fingerprint density at radius 3 is 2.32 bits per heavy atom. The van der Waals surface area contributed by atoms with Gasteiger partial charge in [0.1, 0.15) is 5.75 Å². The van der Waals surface area contributed by atoms with Gasteiger partial charge in [-0.25, -0.2) is 0 Å². The molecule has 1 aromatic carbocycles. The van der Waals surface area contributed by atoms with Crippen molar-refractivity contribution in [3.63, 3.8) is 0 Å². The van der Waals surface area contributed by atoms with Gasteiger partial charge < -0.3 is 9.84 Å². The van der Waals surface area contributed by atoms with Gasteiger partial charge in [0, 0.05) is 0 Å². The van der Waals surface area contributed by atoms with Gasteiger partial charge in [0.2, 0.25) is 0 Å². The van der Waals surface area contributed by atoms with Crippen LogP contribution in [-0.2, 0) is 12.8 Å². The van der Waals surface area contributed by atoms with Crippen LogP contribution in [0.5, 0.6) is 5.75 Å². The number of hydrogen-bond donors (Lipinski definition) is 1. The van der Waals surface area contributed by atoms with Crippen LogP contribution in [-0.4, -0.2) is 18.3 Å². The van der Waals surface area contributed by atoms with Crippen LogP contribution in [0.3, 0.4) is 0 Å². The molecule has 102 valence electrons. The van der Waals surface area contributed by atoms with Gasteiger partial charge in [-0.1, -0.05) is 12.1 Å². The number of ether oxygens (including phenoxy) is 1. The number of methoxy groups -OCH3 is 1. The molecule has 1 N–H and O–H groups in total. The van der Waals surface area contributed by atoms with E-state index in [-0.39, 0.29) is 6.10 Å². The molecule has 0 aliphatic carbocycles. The van der Waals surface area contributed by atoms with Gasteiger partial charge in [0.25, 0.3) is 0 Å². The number of hydrogen-bond acceptors (Lipinski definition) is 3. The zero-order valence-electron chi connectivity index (χ0n) is 11.2. The van der Waals surface area contributed by atoms with Crippen molar-refractivity contribution in [1.82, 2.24) is 0 Å². The Bertz CT molecular complexity index is 462. The normalized spacial score (nSPS) is 12.3. The summed E-state index contributed by atoms with van der Waals surface area (Å²) in [5, 5.41) is 14.2. The topological polar surface area (TPSA) is 29.5 Å². The van der Waals surface area contributed by atoms with Crippen molar-refractivity contribution in [2.45, 2.75) is 31.8 Å². The van der Waals surface area contributed by atoms with Crippen molar-refractivity contribution < 1.29 is 9.84 Å². The number of benzene rings is 1. The van der Waals surface area contributed by atoms with E-state index < -0.39 is 0 Å². The van der Waals surface area contributed by atoms with E-state index in [1.54, 1.807) is 18.4 Å². The molecule has 0 aliphatic heterocycles. The van der Waals surface area contributed by atoms with Gasteiger partial charge in [-0.2, -0.15) is 11.3 Å². The molecule has 0 saturated heterocycles. The van der Waals surface area contributed by atoms with Crippen molar-refractivity contribution in [3.8, 4) is 5.75 Å². The summed E-state index contributed by atoms with van der Waals surface area (Å²) in [6, 6.07) is 10.2. The minimum Gasteiger partial charge on any atom is -0.497 e. The second kappa shape index (κ2) is 7.31. The summed E-state index contributed by atoms with van der Waals surface area (Å²) in [6.07, 6.45) is 3.31. The fraction of sp³-hybridized carbons (Fsp3) is 0.375. The molecule has 2 rings (SSSR count). The van der Waals surface area contributed by atoms with Crippen LogP contribution in [0.25, 0.3) is 0 Å². The fourth-order valence-electron chi connectivity index (χ4n) is 2.04. The highest BCUT2D eigenvalue weighted by atomic mass is 32.1. The summed E-state index contributed by atoms with van der Waals surface area (Å²) >= 11 is 1.71. The molecule has 0 bridgehead atoms. The van der Waals surface area contributed by atoms with Crippen molar-refractivity contribution in [1.29, 1.82) is 0 Å². The second-order valence-corrected chi connectivity index (χ2v) is 5.49. The molecule has 1 aromatic heterocycles. The third-order valence-corrected chi connectivity index (χ3v) is 4.00. The van der Waals surface area contributed by atoms with E-state index in [0.717, 1.165) is 31.4 Å². The molecule has 0 saturated carbocycles. The van der Waals surface area contributed by atoms with Crippen LogP contribution < -0.4 is 4.74 Å². The predicted octanol–water partition coefficient (Wildman–Crippen LogP) is 3.68. The molecular weight excluding hydrogens is 256 g/mol. The van der Waals surface area contributed by atoms with Gasteiger partial charge in [-0.3, -0.25) is 0 Å². The lowest BCUT2D eigenvalue weighted by Crippen LogP contribution is -2.09. The molecule has 0 spiro atoms. The minimum atomic E-state index is -0.220. The highest BCUT2D eigenvalue weighted by Crippen LogP contribution is 2.15. The van der Waals surface area contributed by atoms with E-state index in [9.17, 15) is 5.11 Å². The van der Waals surface area contributed by atoms with Crippen LogP contribution >= 0.6 is 11.3 Å². The zero-order valence-corrected chi connectivity index (χ0v) is 12.0. The molecule has 1 heterocycles. The summed E-state index contributed by atoms with van der Waals surface area (Å²) in [7, 11) is 1.67. The predicted molar refractivity (Wildman–Crippen MR) is 80.0 cm³/mol. The summed E-state index contributed by atoms with van der Waals surface area (Å²) in [5.74, 6) is 0.877. The first-order valence-corrected chi connectivity index (χ1v) is 7.54. The molecule has 0 fully saturated rings. The SMILES string of the molecule is COc1ccc(CCC(O)CCc2ccsc2)cc1. The van der Waals surface area contributed by atoms with Gasteiger partial charge in [-0.15, -0.1) is 0 Å². The molecule has 2 aromatic rings. The highest BCUT2D eigenvalue weighted by Gasteiger charge is 2.05. The molecule has 1 unspecified atom stereocenters. The Morgan fingerprint density at radius 1 is 1.05 bits per heavy atom. The number of thiophene rings is 1. The quantitative estimate of drug-likeness (QED) is 0.836. The Balaban J connectivity index is 1.71. The maximum atomic E-state index is 9.99. The van der Waals surface area contributed by atoms with Gasteiger partial charge in [0.05, 0.1) is 13.2 Å². The van der Waals surface area contributed by atoms with E-state index in [4.69, 9.17) is 4.74 Å². The average Bonchev–Trinajstić information content (AvgIpc) is 2.96. The maximum Gasteiger partial charge on any atom is 0.118 e. The summed E-state index contributed by atoms with van der Waals surface area (Å²) < 4.78 is 5.13. The van der Waals surface area contributed by atoms with Crippen molar-refractivity contribution >= 4 is 11.3 Å². The van der Waals surface area contributed by atoms with Crippen LogP contribution in [0.15, 0.2) is 41.1 Å². The lowest BCUT2D eigenvalue weighted by Gasteiger charge is -2.10.